The van der Waals surface area contributed by atoms with Gasteiger partial charge < -0.3 is 20.1 Å². The Morgan fingerprint density at radius 3 is 2.13 bits per heavy atom. The Morgan fingerprint density at radius 2 is 1.55 bits per heavy atom. The summed E-state index contributed by atoms with van der Waals surface area (Å²) >= 11 is 0. The van der Waals surface area contributed by atoms with Crippen LogP contribution in [-0.2, 0) is 32.1 Å². The van der Waals surface area contributed by atoms with Crippen molar-refractivity contribution in [3.05, 3.63) is 84.4 Å². The van der Waals surface area contributed by atoms with Gasteiger partial charge in [0.05, 0.1) is 7.11 Å². The molecule has 31 heavy (non-hydrogen) atoms. The molecule has 2 N–H and O–H groups in total. The SMILES string of the molecule is C=CCC[C@H](NC(=O)[C@H](Cc1ccccc1)NC(=O)OCc1ccccc1)C(=O)OC. The molecule has 2 aromatic carbocycles. The van der Waals surface area contributed by atoms with Gasteiger partial charge in [0.25, 0.3) is 0 Å². The van der Waals surface area contributed by atoms with Crippen LogP contribution in [0.2, 0.25) is 0 Å². The zero-order valence-corrected chi connectivity index (χ0v) is 17.6. The van der Waals surface area contributed by atoms with Crippen LogP contribution in [0, 0.1) is 0 Å². The summed E-state index contributed by atoms with van der Waals surface area (Å²) in [7, 11) is 1.26. The molecule has 0 unspecified atom stereocenters. The number of hydrogen-bond donors (Lipinski definition) is 2. The molecule has 0 spiro atoms. The normalized spacial score (nSPS) is 12.2. The van der Waals surface area contributed by atoms with E-state index in [9.17, 15) is 14.4 Å². The van der Waals surface area contributed by atoms with Crippen LogP contribution in [0.15, 0.2) is 73.3 Å². The third-order valence-electron chi connectivity index (χ3n) is 4.57. The van der Waals surface area contributed by atoms with Crippen molar-refractivity contribution in [2.75, 3.05) is 7.11 Å². The number of allylic oxidation sites excluding steroid dienone is 1. The van der Waals surface area contributed by atoms with Gasteiger partial charge in [-0.2, -0.15) is 0 Å². The summed E-state index contributed by atoms with van der Waals surface area (Å²) in [6.45, 7) is 3.71. The second-order valence-corrected chi connectivity index (χ2v) is 6.90. The summed E-state index contributed by atoms with van der Waals surface area (Å²) < 4.78 is 10.0. The van der Waals surface area contributed by atoms with Crippen LogP contribution in [-0.4, -0.2) is 37.2 Å². The largest absolute Gasteiger partial charge is 0.467 e. The van der Waals surface area contributed by atoms with Crippen LogP contribution in [0.5, 0.6) is 0 Å². The van der Waals surface area contributed by atoms with E-state index in [1.807, 2.05) is 60.7 Å². The number of alkyl carbamates (subject to hydrolysis) is 1. The molecule has 2 aromatic rings. The van der Waals surface area contributed by atoms with Crippen molar-refractivity contribution in [2.45, 2.75) is 38.0 Å². The summed E-state index contributed by atoms with van der Waals surface area (Å²) in [4.78, 5) is 37.3. The fourth-order valence-corrected chi connectivity index (χ4v) is 2.91. The molecule has 7 nitrogen and oxygen atoms in total. The highest BCUT2D eigenvalue weighted by Crippen LogP contribution is 2.07. The summed E-state index contributed by atoms with van der Waals surface area (Å²) in [5.74, 6) is -1.06. The molecule has 0 bridgehead atoms. The van der Waals surface area contributed by atoms with Crippen molar-refractivity contribution < 1.29 is 23.9 Å². The van der Waals surface area contributed by atoms with Gasteiger partial charge in [-0.25, -0.2) is 9.59 Å². The van der Waals surface area contributed by atoms with E-state index in [0.717, 1.165) is 11.1 Å². The van der Waals surface area contributed by atoms with E-state index in [0.29, 0.717) is 12.8 Å². The Balaban J connectivity index is 2.07. The molecule has 0 aliphatic carbocycles. The molecular formula is C24H28N2O5. The second kappa shape index (κ2) is 12.8. The Labute approximate surface area is 182 Å². The second-order valence-electron chi connectivity index (χ2n) is 6.90. The Morgan fingerprint density at radius 1 is 0.935 bits per heavy atom. The lowest BCUT2D eigenvalue weighted by molar-refractivity contribution is -0.145. The molecule has 0 saturated carbocycles. The third kappa shape index (κ3) is 8.34. The van der Waals surface area contributed by atoms with Gasteiger partial charge in [0.15, 0.2) is 0 Å². The lowest BCUT2D eigenvalue weighted by Crippen LogP contribution is -2.52. The lowest BCUT2D eigenvalue weighted by atomic mass is 10.0. The number of ether oxygens (including phenoxy) is 2. The molecule has 0 aromatic heterocycles. The van der Waals surface area contributed by atoms with Gasteiger partial charge in [0, 0.05) is 6.42 Å². The van der Waals surface area contributed by atoms with Gasteiger partial charge in [0.1, 0.15) is 18.7 Å². The minimum atomic E-state index is -0.929. The van der Waals surface area contributed by atoms with Crippen molar-refractivity contribution in [1.29, 1.82) is 0 Å². The van der Waals surface area contributed by atoms with E-state index in [1.165, 1.54) is 7.11 Å². The first-order chi connectivity index (χ1) is 15.0. The zero-order chi connectivity index (χ0) is 22.5. The van der Waals surface area contributed by atoms with Gasteiger partial charge >= 0.3 is 12.1 Å². The van der Waals surface area contributed by atoms with Crippen molar-refractivity contribution in [3.63, 3.8) is 0 Å². The Kier molecular flexibility index (Phi) is 9.81. The van der Waals surface area contributed by atoms with Gasteiger partial charge in [-0.3, -0.25) is 4.79 Å². The minimum Gasteiger partial charge on any atom is -0.467 e. The summed E-state index contributed by atoms with van der Waals surface area (Å²) in [5, 5.41) is 5.28. The smallest absolute Gasteiger partial charge is 0.408 e. The molecule has 0 aliphatic heterocycles. The summed E-state index contributed by atoms with van der Waals surface area (Å²) in [6, 6.07) is 16.7. The first-order valence-electron chi connectivity index (χ1n) is 10.0. The number of carbonyl (C=O) groups is 3. The molecule has 0 fully saturated rings. The Bertz CT molecular complexity index is 855. The van der Waals surface area contributed by atoms with E-state index in [2.05, 4.69) is 17.2 Å². The number of rotatable bonds is 11. The first-order valence-corrected chi connectivity index (χ1v) is 10.0. The number of hydrogen-bond acceptors (Lipinski definition) is 5. The number of esters is 1. The van der Waals surface area contributed by atoms with Crippen molar-refractivity contribution >= 4 is 18.0 Å². The average Bonchev–Trinajstić information content (AvgIpc) is 2.80. The van der Waals surface area contributed by atoms with Crippen LogP contribution in [0.25, 0.3) is 0 Å². The quantitative estimate of drug-likeness (QED) is 0.427. The van der Waals surface area contributed by atoms with E-state index >= 15 is 0 Å². The third-order valence-corrected chi connectivity index (χ3v) is 4.57. The zero-order valence-electron chi connectivity index (χ0n) is 17.6. The highest BCUT2D eigenvalue weighted by molar-refractivity contribution is 5.89. The maximum absolute atomic E-state index is 12.9. The number of nitrogens with one attached hydrogen (secondary N) is 2. The van der Waals surface area contributed by atoms with Gasteiger partial charge in [0.2, 0.25) is 5.91 Å². The van der Waals surface area contributed by atoms with Crippen LogP contribution in [0.4, 0.5) is 4.79 Å². The molecule has 2 rings (SSSR count). The number of amides is 2. The maximum atomic E-state index is 12.9. The molecule has 0 radical (unpaired) electrons. The maximum Gasteiger partial charge on any atom is 0.408 e. The highest BCUT2D eigenvalue weighted by atomic mass is 16.5. The summed E-state index contributed by atoms with van der Waals surface area (Å²) in [6.07, 6.45) is 2.04. The number of carbonyl (C=O) groups excluding carboxylic acids is 3. The molecular weight excluding hydrogens is 396 g/mol. The van der Waals surface area contributed by atoms with Crippen LogP contribution < -0.4 is 10.6 Å². The molecule has 7 heteroatoms. The van der Waals surface area contributed by atoms with E-state index in [-0.39, 0.29) is 13.0 Å². The summed E-state index contributed by atoms with van der Waals surface area (Å²) in [5.41, 5.74) is 1.68. The molecule has 0 heterocycles. The van der Waals surface area contributed by atoms with Gasteiger partial charge in [-0.15, -0.1) is 6.58 Å². The van der Waals surface area contributed by atoms with Crippen molar-refractivity contribution in [3.8, 4) is 0 Å². The van der Waals surface area contributed by atoms with E-state index in [4.69, 9.17) is 9.47 Å². The van der Waals surface area contributed by atoms with Crippen LogP contribution in [0.3, 0.4) is 0 Å². The monoisotopic (exact) mass is 424 g/mol. The number of benzene rings is 2. The van der Waals surface area contributed by atoms with Crippen molar-refractivity contribution in [2.24, 2.45) is 0 Å². The highest BCUT2D eigenvalue weighted by Gasteiger charge is 2.27. The topological polar surface area (TPSA) is 93.7 Å². The van der Waals surface area contributed by atoms with Crippen molar-refractivity contribution in [1.82, 2.24) is 10.6 Å². The van der Waals surface area contributed by atoms with E-state index < -0.39 is 30.1 Å². The molecule has 2 atom stereocenters. The minimum absolute atomic E-state index is 0.0798. The Hall–Kier alpha value is -3.61. The predicted octanol–water partition coefficient (Wildman–Crippen LogP) is 3.15. The first kappa shape index (κ1) is 23.7. The average molecular weight is 424 g/mol. The fraction of sp³-hybridized carbons (Fsp3) is 0.292. The molecule has 2 amide bonds. The fourth-order valence-electron chi connectivity index (χ4n) is 2.91. The van der Waals surface area contributed by atoms with Crippen LogP contribution in [0.1, 0.15) is 24.0 Å². The number of methoxy groups -OCH3 is 1. The van der Waals surface area contributed by atoms with E-state index in [1.54, 1.807) is 6.08 Å². The lowest BCUT2D eigenvalue weighted by Gasteiger charge is -2.22. The van der Waals surface area contributed by atoms with Gasteiger partial charge in [-0.1, -0.05) is 66.7 Å². The standard InChI is InChI=1S/C24H28N2O5/c1-3-4-15-20(23(28)30-2)25-22(27)21(16-18-11-7-5-8-12-18)26-24(29)31-17-19-13-9-6-10-14-19/h3,5-14,20-21H,1,4,15-17H2,2H3,(H,25,27)(H,26,29)/t20-,21-/m0/s1. The predicted molar refractivity (Wildman–Crippen MR) is 117 cm³/mol. The molecule has 0 saturated heterocycles. The van der Waals surface area contributed by atoms with Crippen LogP contribution >= 0.6 is 0 Å². The van der Waals surface area contributed by atoms with Gasteiger partial charge in [-0.05, 0) is 24.0 Å². The molecule has 164 valence electrons. The molecule has 0 aliphatic rings.